The third kappa shape index (κ3) is 4.58. The van der Waals surface area contributed by atoms with Crippen molar-refractivity contribution in [3.05, 3.63) is 92.5 Å². The van der Waals surface area contributed by atoms with Crippen molar-refractivity contribution < 1.29 is 27.2 Å². The van der Waals surface area contributed by atoms with Gasteiger partial charge in [-0.3, -0.25) is 9.78 Å². The van der Waals surface area contributed by atoms with Crippen molar-refractivity contribution in [1.82, 2.24) is 19.9 Å². The first kappa shape index (κ1) is 27.4. The summed E-state index contributed by atoms with van der Waals surface area (Å²) >= 11 is 0. The van der Waals surface area contributed by atoms with Gasteiger partial charge < -0.3 is 14.0 Å². The van der Waals surface area contributed by atoms with Crippen LogP contribution in [0.3, 0.4) is 0 Å². The molecule has 1 N–H and O–H groups in total. The summed E-state index contributed by atoms with van der Waals surface area (Å²) in [6, 6.07) is 13.9. The first-order valence-electron chi connectivity index (χ1n) is 14.9. The van der Waals surface area contributed by atoms with Gasteiger partial charge >= 0.3 is 12.1 Å². The SMILES string of the molecule is O=c1cnn(-c2ccc(C34C[C@H]5CC(OCc6c(-c7ccccc7OC(F)(F)F)noc6C6CC6)C[C@@H](C3)C54)cc2)c(=O)[nH]1. The molecule has 3 unspecified atom stereocenters. The Balaban J connectivity index is 0.960. The Hall–Kier alpha value is -4.19. The van der Waals surface area contributed by atoms with E-state index in [1.54, 1.807) is 12.1 Å². The molecule has 4 aliphatic rings. The molecule has 44 heavy (non-hydrogen) atoms. The van der Waals surface area contributed by atoms with Crippen molar-refractivity contribution >= 4 is 0 Å². The van der Waals surface area contributed by atoms with Crippen LogP contribution < -0.4 is 16.0 Å². The fourth-order valence-electron chi connectivity index (χ4n) is 8.20. The average Bonchev–Trinajstić information content (AvgIpc) is 3.72. The van der Waals surface area contributed by atoms with E-state index in [0.29, 0.717) is 40.5 Å². The summed E-state index contributed by atoms with van der Waals surface area (Å²) in [6.07, 6.45) is 2.23. The molecule has 0 amide bonds. The topological polar surface area (TPSA) is 112 Å². The van der Waals surface area contributed by atoms with Gasteiger partial charge in [0.25, 0.3) is 5.56 Å². The van der Waals surface area contributed by atoms with Crippen LogP contribution in [0.5, 0.6) is 5.75 Å². The zero-order valence-electron chi connectivity index (χ0n) is 23.5. The molecule has 0 bridgehead atoms. The summed E-state index contributed by atoms with van der Waals surface area (Å²) in [5.41, 5.74) is 2.18. The molecule has 0 saturated heterocycles. The van der Waals surface area contributed by atoms with Crippen LogP contribution >= 0.6 is 0 Å². The lowest BCUT2D eigenvalue weighted by molar-refractivity contribution is -0.274. The summed E-state index contributed by atoms with van der Waals surface area (Å²) in [5, 5.41) is 8.14. The number of aromatic nitrogens is 4. The van der Waals surface area contributed by atoms with Crippen LogP contribution in [0.1, 0.15) is 61.3 Å². The number of rotatable bonds is 8. The molecular formula is C32H29F3N4O5. The van der Waals surface area contributed by atoms with Gasteiger partial charge in [0.1, 0.15) is 23.4 Å². The third-order valence-corrected chi connectivity index (χ3v) is 10.0. The van der Waals surface area contributed by atoms with Gasteiger partial charge in [-0.15, -0.1) is 13.2 Å². The standard InChI is InChI=1S/C32H29F3N4O5/c33-32(34,35)43-25-4-2-1-3-23(25)28-24(29(44-38-28)17-5-6-17)16-42-22-11-18-13-31(14-19(12-22)27(18)31)20-7-9-21(10-8-20)39-30(41)37-26(40)15-36-39/h1-4,7-10,15,17-19,22,27H,5-6,11-14,16H2,(H,37,40,41)/t18-,19+,22?,27?,31?. The number of nitrogens with zero attached hydrogens (tertiary/aromatic N) is 3. The Labute approximate surface area is 249 Å². The number of hydrogen-bond donors (Lipinski definition) is 1. The second kappa shape index (κ2) is 9.91. The summed E-state index contributed by atoms with van der Waals surface area (Å²) < 4.78 is 57.0. The molecule has 2 aromatic heterocycles. The normalized spacial score (nSPS) is 27.2. The highest BCUT2D eigenvalue weighted by Crippen LogP contribution is 2.72. The van der Waals surface area contributed by atoms with Crippen molar-refractivity contribution in [2.24, 2.45) is 17.8 Å². The predicted molar refractivity (Wildman–Crippen MR) is 150 cm³/mol. The molecule has 2 heterocycles. The van der Waals surface area contributed by atoms with E-state index in [2.05, 4.69) is 32.1 Å². The van der Waals surface area contributed by atoms with Gasteiger partial charge in [-0.1, -0.05) is 29.4 Å². The zero-order chi connectivity index (χ0) is 30.2. The molecular weight excluding hydrogens is 577 g/mol. The van der Waals surface area contributed by atoms with Crippen molar-refractivity contribution in [1.29, 1.82) is 0 Å². The van der Waals surface area contributed by atoms with Gasteiger partial charge in [-0.25, -0.2) is 4.79 Å². The van der Waals surface area contributed by atoms with Gasteiger partial charge in [0.05, 0.1) is 18.4 Å². The van der Waals surface area contributed by atoms with Crippen molar-refractivity contribution in [3.8, 4) is 22.7 Å². The van der Waals surface area contributed by atoms with Crippen molar-refractivity contribution in [3.63, 3.8) is 0 Å². The van der Waals surface area contributed by atoms with Crippen LogP contribution in [0.15, 0.2) is 68.8 Å². The molecule has 0 spiro atoms. The Bertz CT molecular complexity index is 1830. The lowest BCUT2D eigenvalue weighted by atomic mass is 9.33. The van der Waals surface area contributed by atoms with Crippen LogP contribution in [-0.2, 0) is 16.8 Å². The molecule has 4 aromatic rings. The minimum absolute atomic E-state index is 0.0524. The van der Waals surface area contributed by atoms with Crippen molar-refractivity contribution in [2.75, 3.05) is 0 Å². The van der Waals surface area contributed by atoms with Gasteiger partial charge in [-0.2, -0.15) is 9.78 Å². The van der Waals surface area contributed by atoms with Gasteiger partial charge in [0, 0.05) is 17.0 Å². The highest BCUT2D eigenvalue weighted by atomic mass is 19.4. The number of hydrogen-bond acceptors (Lipinski definition) is 7. The van der Waals surface area contributed by atoms with Gasteiger partial charge in [0.2, 0.25) is 0 Å². The van der Waals surface area contributed by atoms with Crippen LogP contribution in [0.2, 0.25) is 0 Å². The lowest BCUT2D eigenvalue weighted by Gasteiger charge is -2.71. The Morgan fingerprint density at radius 3 is 2.43 bits per heavy atom. The lowest BCUT2D eigenvalue weighted by Crippen LogP contribution is -2.67. The molecule has 4 fully saturated rings. The fraction of sp³-hybridized carbons (Fsp3) is 0.438. The summed E-state index contributed by atoms with van der Waals surface area (Å²) in [5.74, 6) is 2.27. The van der Waals surface area contributed by atoms with E-state index >= 15 is 0 Å². The van der Waals surface area contributed by atoms with E-state index in [1.807, 2.05) is 12.1 Å². The number of benzene rings is 2. The highest BCUT2D eigenvalue weighted by Gasteiger charge is 2.67. The number of ether oxygens (including phenoxy) is 2. The molecule has 2 aromatic carbocycles. The van der Waals surface area contributed by atoms with E-state index in [1.165, 1.54) is 22.4 Å². The number of aromatic amines is 1. The molecule has 0 aliphatic heterocycles. The monoisotopic (exact) mass is 606 g/mol. The number of H-pyrrole nitrogens is 1. The summed E-state index contributed by atoms with van der Waals surface area (Å²) in [7, 11) is 0. The molecule has 0 radical (unpaired) electrons. The predicted octanol–water partition coefficient (Wildman–Crippen LogP) is 5.62. The van der Waals surface area contributed by atoms with Crippen molar-refractivity contribution in [2.45, 2.75) is 68.9 Å². The Morgan fingerprint density at radius 2 is 1.75 bits per heavy atom. The van der Waals surface area contributed by atoms with Crippen LogP contribution in [-0.4, -0.2) is 32.4 Å². The summed E-state index contributed by atoms with van der Waals surface area (Å²) in [6.45, 7) is 0.227. The minimum Gasteiger partial charge on any atom is -0.405 e. The van der Waals surface area contributed by atoms with E-state index in [4.69, 9.17) is 9.26 Å². The number of nitrogens with one attached hydrogen (secondary N) is 1. The second-order valence-electron chi connectivity index (χ2n) is 12.6. The first-order valence-corrected chi connectivity index (χ1v) is 14.9. The fourth-order valence-corrected chi connectivity index (χ4v) is 8.20. The maximum absolute atomic E-state index is 13.1. The van der Waals surface area contributed by atoms with Crippen LogP contribution in [0.4, 0.5) is 13.2 Å². The largest absolute Gasteiger partial charge is 0.573 e. The first-order chi connectivity index (χ1) is 21.2. The molecule has 4 aliphatic carbocycles. The van der Waals surface area contributed by atoms with E-state index in [-0.39, 0.29) is 35.4 Å². The van der Waals surface area contributed by atoms with E-state index < -0.39 is 17.6 Å². The van der Waals surface area contributed by atoms with Crippen LogP contribution in [0.25, 0.3) is 16.9 Å². The summed E-state index contributed by atoms with van der Waals surface area (Å²) in [4.78, 5) is 25.7. The minimum atomic E-state index is -4.82. The average molecular weight is 607 g/mol. The number of alkyl halides is 3. The molecule has 5 atom stereocenters. The number of halogens is 3. The Kier molecular flexibility index (Phi) is 6.17. The quantitative estimate of drug-likeness (QED) is 0.277. The van der Waals surface area contributed by atoms with E-state index in [0.717, 1.165) is 44.7 Å². The van der Waals surface area contributed by atoms with Gasteiger partial charge in [-0.05, 0) is 91.5 Å². The maximum Gasteiger partial charge on any atom is 0.573 e. The highest BCUT2D eigenvalue weighted by molar-refractivity contribution is 5.70. The second-order valence-corrected chi connectivity index (χ2v) is 12.6. The van der Waals surface area contributed by atoms with Crippen LogP contribution in [0, 0.1) is 17.8 Å². The zero-order valence-corrected chi connectivity index (χ0v) is 23.5. The van der Waals surface area contributed by atoms with E-state index in [9.17, 15) is 22.8 Å². The third-order valence-electron chi connectivity index (χ3n) is 10.0. The molecule has 228 valence electrons. The molecule has 9 nitrogen and oxygen atoms in total. The smallest absolute Gasteiger partial charge is 0.405 e. The molecule has 12 heteroatoms. The number of para-hydroxylation sites is 1. The molecule has 4 saturated carbocycles. The maximum atomic E-state index is 13.1. The van der Waals surface area contributed by atoms with Gasteiger partial charge in [0.15, 0.2) is 0 Å². The molecule has 8 rings (SSSR count). The Morgan fingerprint density at radius 1 is 1.02 bits per heavy atom.